The highest BCUT2D eigenvalue weighted by Crippen LogP contribution is 2.61. The minimum absolute atomic E-state index is 0.746. The zero-order valence-electron chi connectivity index (χ0n) is 13.3. The molecule has 0 heterocycles. The predicted molar refractivity (Wildman–Crippen MR) is 82.1 cm³/mol. The Morgan fingerprint density at radius 2 is 1.58 bits per heavy atom. The van der Waals surface area contributed by atoms with Crippen LogP contribution in [0.25, 0.3) is 0 Å². The van der Waals surface area contributed by atoms with Crippen molar-refractivity contribution in [3.63, 3.8) is 0 Å². The Morgan fingerprint density at radius 1 is 1.05 bits per heavy atom. The first-order valence-corrected chi connectivity index (χ1v) is 8.79. The summed E-state index contributed by atoms with van der Waals surface area (Å²) in [5.41, 5.74) is 0.746. The Kier molecular flexibility index (Phi) is 3.95. The number of nitrogens with one attached hydrogen (secondary N) is 1. The molecule has 1 N–H and O–H groups in total. The summed E-state index contributed by atoms with van der Waals surface area (Å²) in [4.78, 5) is 0. The van der Waals surface area contributed by atoms with Gasteiger partial charge in [-0.2, -0.15) is 0 Å². The van der Waals surface area contributed by atoms with Crippen LogP contribution in [0.1, 0.15) is 71.6 Å². The maximum Gasteiger partial charge on any atom is 0.00718 e. The van der Waals surface area contributed by atoms with Gasteiger partial charge in [-0.05, 0) is 87.5 Å². The smallest absolute Gasteiger partial charge is 0.00718 e. The Morgan fingerprint density at radius 3 is 2.00 bits per heavy atom. The molecule has 4 rings (SSSR count). The van der Waals surface area contributed by atoms with Crippen LogP contribution in [0.15, 0.2) is 0 Å². The van der Waals surface area contributed by atoms with E-state index in [1.807, 2.05) is 0 Å². The van der Waals surface area contributed by atoms with Gasteiger partial charge in [0.25, 0.3) is 0 Å². The molecule has 4 saturated carbocycles. The van der Waals surface area contributed by atoms with E-state index < -0.39 is 0 Å². The summed E-state index contributed by atoms with van der Waals surface area (Å²) >= 11 is 0. The quantitative estimate of drug-likeness (QED) is 0.737. The lowest BCUT2D eigenvalue weighted by Gasteiger charge is -2.57. The first-order valence-electron chi connectivity index (χ1n) is 8.79. The zero-order chi connectivity index (χ0) is 13.5. The van der Waals surface area contributed by atoms with Gasteiger partial charge in [0.1, 0.15) is 0 Å². The van der Waals surface area contributed by atoms with Crippen LogP contribution in [0.5, 0.6) is 0 Å². The lowest BCUT2D eigenvalue weighted by atomic mass is 9.48. The molecule has 0 radical (unpaired) electrons. The van der Waals surface area contributed by atoms with E-state index in [1.54, 1.807) is 38.5 Å². The summed E-state index contributed by atoms with van der Waals surface area (Å²) < 4.78 is 0. The molecule has 4 aliphatic carbocycles. The van der Waals surface area contributed by atoms with Crippen LogP contribution in [0, 0.1) is 29.1 Å². The second-order valence-electron chi connectivity index (χ2n) is 8.36. The highest BCUT2D eigenvalue weighted by Gasteiger charge is 2.51. The van der Waals surface area contributed by atoms with Crippen molar-refractivity contribution in [2.75, 3.05) is 7.05 Å². The Balaban J connectivity index is 1.64. The van der Waals surface area contributed by atoms with Crippen molar-refractivity contribution >= 4 is 0 Å². The first kappa shape index (κ1) is 13.9. The van der Waals surface area contributed by atoms with Gasteiger partial charge in [0.15, 0.2) is 0 Å². The van der Waals surface area contributed by atoms with Crippen LogP contribution >= 0.6 is 0 Å². The SMILES string of the molecule is CCC(C)CC(CC12CC3CC(CC(C3)C1)C2)NC. The van der Waals surface area contributed by atoms with Gasteiger partial charge in [-0.1, -0.05) is 20.3 Å². The normalized spacial score (nSPS) is 43.4. The minimum atomic E-state index is 0.746. The summed E-state index contributed by atoms with van der Waals surface area (Å²) in [7, 11) is 2.19. The highest BCUT2D eigenvalue weighted by atomic mass is 14.9. The lowest BCUT2D eigenvalue weighted by molar-refractivity contribution is -0.0626. The van der Waals surface area contributed by atoms with Crippen molar-refractivity contribution in [2.45, 2.75) is 77.7 Å². The van der Waals surface area contributed by atoms with Crippen molar-refractivity contribution in [2.24, 2.45) is 29.1 Å². The third-order valence-electron chi connectivity index (χ3n) is 6.64. The summed E-state index contributed by atoms with van der Waals surface area (Å²) in [6.07, 6.45) is 13.6. The van der Waals surface area contributed by atoms with E-state index in [-0.39, 0.29) is 0 Å². The van der Waals surface area contributed by atoms with Crippen molar-refractivity contribution in [1.29, 1.82) is 0 Å². The van der Waals surface area contributed by atoms with Crippen LogP contribution in [0.3, 0.4) is 0 Å². The number of hydrogen-bond donors (Lipinski definition) is 1. The molecule has 2 atom stereocenters. The molecule has 0 amide bonds. The summed E-state index contributed by atoms with van der Waals surface area (Å²) in [6.45, 7) is 4.76. The molecular formula is C18H33N. The summed E-state index contributed by atoms with van der Waals surface area (Å²) in [6, 6.07) is 0.770. The fraction of sp³-hybridized carbons (Fsp3) is 1.00. The second kappa shape index (κ2) is 5.39. The van der Waals surface area contributed by atoms with Crippen molar-refractivity contribution in [3.8, 4) is 0 Å². The Bertz CT molecular complexity index is 274. The fourth-order valence-electron chi connectivity index (χ4n) is 6.02. The van der Waals surface area contributed by atoms with E-state index in [0.717, 1.165) is 35.1 Å². The van der Waals surface area contributed by atoms with E-state index in [1.165, 1.54) is 19.3 Å². The molecule has 4 fully saturated rings. The van der Waals surface area contributed by atoms with Crippen LogP contribution in [-0.2, 0) is 0 Å². The predicted octanol–water partition coefficient (Wildman–Crippen LogP) is 4.62. The Labute approximate surface area is 119 Å². The maximum atomic E-state index is 3.64. The van der Waals surface area contributed by atoms with Crippen molar-refractivity contribution in [1.82, 2.24) is 5.32 Å². The third kappa shape index (κ3) is 2.86. The molecule has 4 bridgehead atoms. The molecule has 0 spiro atoms. The lowest BCUT2D eigenvalue weighted by Crippen LogP contribution is -2.48. The van der Waals surface area contributed by atoms with Gasteiger partial charge in [0.05, 0.1) is 0 Å². The summed E-state index contributed by atoms with van der Waals surface area (Å²) in [5, 5.41) is 3.64. The van der Waals surface area contributed by atoms with Gasteiger partial charge >= 0.3 is 0 Å². The number of rotatable bonds is 6. The van der Waals surface area contributed by atoms with Gasteiger partial charge in [0, 0.05) is 6.04 Å². The fourth-order valence-corrected chi connectivity index (χ4v) is 6.02. The molecule has 0 aromatic rings. The van der Waals surface area contributed by atoms with Gasteiger partial charge in [0.2, 0.25) is 0 Å². The van der Waals surface area contributed by atoms with Crippen LogP contribution in [0.4, 0.5) is 0 Å². The topological polar surface area (TPSA) is 12.0 Å². The molecule has 1 heteroatoms. The monoisotopic (exact) mass is 263 g/mol. The molecule has 19 heavy (non-hydrogen) atoms. The molecule has 110 valence electrons. The van der Waals surface area contributed by atoms with Gasteiger partial charge in [-0.3, -0.25) is 0 Å². The van der Waals surface area contributed by atoms with Gasteiger partial charge < -0.3 is 5.32 Å². The average molecular weight is 263 g/mol. The minimum Gasteiger partial charge on any atom is -0.317 e. The molecule has 0 aromatic carbocycles. The van der Waals surface area contributed by atoms with E-state index in [2.05, 4.69) is 26.2 Å². The average Bonchev–Trinajstić information content (AvgIpc) is 2.35. The molecule has 2 unspecified atom stereocenters. The molecule has 0 aliphatic heterocycles. The van der Waals surface area contributed by atoms with Crippen LogP contribution < -0.4 is 5.32 Å². The molecule has 0 aromatic heterocycles. The number of hydrogen-bond acceptors (Lipinski definition) is 1. The Hall–Kier alpha value is -0.0400. The third-order valence-corrected chi connectivity index (χ3v) is 6.64. The highest BCUT2D eigenvalue weighted by molar-refractivity contribution is 5.02. The van der Waals surface area contributed by atoms with Crippen LogP contribution in [0.2, 0.25) is 0 Å². The van der Waals surface area contributed by atoms with E-state index >= 15 is 0 Å². The van der Waals surface area contributed by atoms with Crippen LogP contribution in [-0.4, -0.2) is 13.1 Å². The van der Waals surface area contributed by atoms with E-state index in [4.69, 9.17) is 0 Å². The van der Waals surface area contributed by atoms with E-state index in [9.17, 15) is 0 Å². The largest absolute Gasteiger partial charge is 0.317 e. The zero-order valence-corrected chi connectivity index (χ0v) is 13.3. The van der Waals surface area contributed by atoms with E-state index in [0.29, 0.717) is 0 Å². The van der Waals surface area contributed by atoms with Crippen molar-refractivity contribution < 1.29 is 0 Å². The van der Waals surface area contributed by atoms with Gasteiger partial charge in [-0.15, -0.1) is 0 Å². The molecule has 4 aliphatic rings. The second-order valence-corrected chi connectivity index (χ2v) is 8.36. The molecular weight excluding hydrogens is 230 g/mol. The van der Waals surface area contributed by atoms with Gasteiger partial charge in [-0.25, -0.2) is 0 Å². The summed E-state index contributed by atoms with van der Waals surface area (Å²) in [5.74, 6) is 4.19. The van der Waals surface area contributed by atoms with Crippen molar-refractivity contribution in [3.05, 3.63) is 0 Å². The molecule has 0 saturated heterocycles. The first-order chi connectivity index (χ1) is 9.12. The maximum absolute atomic E-state index is 3.64. The molecule has 1 nitrogen and oxygen atoms in total. The standard InChI is InChI=1S/C18H33N/c1-4-13(2)5-17(19-3)12-18-9-14-6-15(10-18)8-16(7-14)11-18/h13-17,19H,4-12H2,1-3H3.